The van der Waals surface area contributed by atoms with E-state index in [0.717, 1.165) is 28.4 Å². The molecular formula is C15H16N4O2S. The molecule has 2 heterocycles. The lowest BCUT2D eigenvalue weighted by Crippen LogP contribution is -2.08. The summed E-state index contributed by atoms with van der Waals surface area (Å²) in [6.07, 6.45) is 0.814. The van der Waals surface area contributed by atoms with Crippen molar-refractivity contribution >= 4 is 39.8 Å². The van der Waals surface area contributed by atoms with Crippen LogP contribution >= 0.6 is 11.8 Å². The van der Waals surface area contributed by atoms with Gasteiger partial charge in [0.05, 0.1) is 12.4 Å². The Morgan fingerprint density at radius 2 is 2.23 bits per heavy atom. The van der Waals surface area contributed by atoms with Gasteiger partial charge in [0.1, 0.15) is 5.52 Å². The topological polar surface area (TPSA) is 80.8 Å². The van der Waals surface area contributed by atoms with Crippen LogP contribution in [-0.2, 0) is 9.53 Å². The van der Waals surface area contributed by atoms with Gasteiger partial charge >= 0.3 is 5.97 Å². The molecule has 0 aliphatic rings. The number of thioether (sulfide) groups is 1. The van der Waals surface area contributed by atoms with Crippen molar-refractivity contribution in [2.75, 3.05) is 12.4 Å². The first-order chi connectivity index (χ1) is 10.7. The van der Waals surface area contributed by atoms with Crippen molar-refractivity contribution in [2.45, 2.75) is 25.4 Å². The van der Waals surface area contributed by atoms with Crippen molar-refractivity contribution in [3.63, 3.8) is 0 Å². The number of nitrogens with one attached hydrogen (secondary N) is 1. The molecule has 22 heavy (non-hydrogen) atoms. The first-order valence-electron chi connectivity index (χ1n) is 7.08. The van der Waals surface area contributed by atoms with Crippen LogP contribution in [0.2, 0.25) is 0 Å². The van der Waals surface area contributed by atoms with Crippen LogP contribution in [0.1, 0.15) is 18.9 Å². The zero-order chi connectivity index (χ0) is 15.5. The smallest absolute Gasteiger partial charge is 0.316 e. The monoisotopic (exact) mass is 316 g/mol. The Balaban J connectivity index is 1.81. The van der Waals surface area contributed by atoms with Gasteiger partial charge in [0.2, 0.25) is 5.16 Å². The van der Waals surface area contributed by atoms with Crippen LogP contribution in [0.15, 0.2) is 23.4 Å². The minimum atomic E-state index is -0.261. The van der Waals surface area contributed by atoms with Gasteiger partial charge in [0.15, 0.2) is 5.65 Å². The van der Waals surface area contributed by atoms with Crippen LogP contribution in [0.4, 0.5) is 0 Å². The van der Waals surface area contributed by atoms with Crippen LogP contribution in [0.5, 0.6) is 0 Å². The first-order valence-corrected chi connectivity index (χ1v) is 8.07. The van der Waals surface area contributed by atoms with Crippen molar-refractivity contribution in [3.05, 3.63) is 23.8 Å². The number of H-pyrrole nitrogens is 1. The van der Waals surface area contributed by atoms with Gasteiger partial charge in [-0.2, -0.15) is 0 Å². The Bertz CT molecular complexity index is 831. The fourth-order valence-corrected chi connectivity index (χ4v) is 2.70. The Morgan fingerprint density at radius 3 is 3.05 bits per heavy atom. The number of carbonyl (C=O) groups is 1. The first kappa shape index (κ1) is 14.8. The van der Waals surface area contributed by atoms with Gasteiger partial charge < -0.3 is 9.72 Å². The number of aryl methyl sites for hydroxylation is 1. The molecule has 0 saturated carbocycles. The largest absolute Gasteiger partial charge is 0.465 e. The average molecular weight is 316 g/mol. The summed E-state index contributed by atoms with van der Waals surface area (Å²) >= 11 is 1.23. The molecule has 6 nitrogen and oxygen atoms in total. The molecule has 0 aliphatic carbocycles. The molecule has 0 radical (unpaired) electrons. The van der Waals surface area contributed by atoms with E-state index in [1.54, 1.807) is 0 Å². The van der Waals surface area contributed by atoms with Gasteiger partial charge in [0.25, 0.3) is 0 Å². The second kappa shape index (κ2) is 6.31. The van der Waals surface area contributed by atoms with E-state index in [4.69, 9.17) is 4.74 Å². The molecule has 2 aromatic heterocycles. The molecule has 0 saturated heterocycles. The lowest BCUT2D eigenvalue weighted by atomic mass is 10.2. The molecular weight excluding hydrogens is 300 g/mol. The van der Waals surface area contributed by atoms with E-state index < -0.39 is 0 Å². The van der Waals surface area contributed by atoms with E-state index >= 15 is 0 Å². The molecule has 1 N–H and O–H groups in total. The van der Waals surface area contributed by atoms with Gasteiger partial charge in [-0.15, -0.1) is 10.2 Å². The second-order valence-electron chi connectivity index (χ2n) is 4.97. The highest BCUT2D eigenvalue weighted by atomic mass is 32.2. The summed E-state index contributed by atoms with van der Waals surface area (Å²) in [6.45, 7) is 4.43. The average Bonchev–Trinajstić information content (AvgIpc) is 2.88. The van der Waals surface area contributed by atoms with E-state index in [9.17, 15) is 4.79 Å². The lowest BCUT2D eigenvalue weighted by Gasteiger charge is -2.01. The maximum atomic E-state index is 11.5. The highest BCUT2D eigenvalue weighted by Gasteiger charge is 2.11. The molecule has 0 fully saturated rings. The zero-order valence-corrected chi connectivity index (χ0v) is 13.2. The molecule has 0 bridgehead atoms. The number of hydrogen-bond donors (Lipinski definition) is 1. The molecule has 3 rings (SSSR count). The molecule has 0 spiro atoms. The van der Waals surface area contributed by atoms with Crippen LogP contribution in [0.3, 0.4) is 0 Å². The minimum Gasteiger partial charge on any atom is -0.465 e. The van der Waals surface area contributed by atoms with E-state index in [1.165, 1.54) is 11.8 Å². The van der Waals surface area contributed by atoms with E-state index in [2.05, 4.69) is 26.2 Å². The number of esters is 1. The Labute approximate surface area is 131 Å². The third kappa shape index (κ3) is 3.04. The van der Waals surface area contributed by atoms with Gasteiger partial charge in [0, 0.05) is 10.9 Å². The number of aromatic amines is 1. The Kier molecular flexibility index (Phi) is 4.24. The molecule has 0 unspecified atom stereocenters. The fourth-order valence-electron chi connectivity index (χ4n) is 2.11. The highest BCUT2D eigenvalue weighted by Crippen LogP contribution is 2.24. The van der Waals surface area contributed by atoms with Crippen molar-refractivity contribution in [2.24, 2.45) is 0 Å². The summed E-state index contributed by atoms with van der Waals surface area (Å²) in [5, 5.41) is 9.79. The number of carbonyl (C=O) groups excluding carboxylic acids is 1. The number of fused-ring (bicyclic) bond motifs is 3. The van der Waals surface area contributed by atoms with Crippen molar-refractivity contribution in [1.29, 1.82) is 0 Å². The summed E-state index contributed by atoms with van der Waals surface area (Å²) in [5.74, 6) is -0.0743. The third-order valence-corrected chi connectivity index (χ3v) is 3.95. The van der Waals surface area contributed by atoms with Crippen LogP contribution in [0.25, 0.3) is 22.1 Å². The molecule has 114 valence electrons. The second-order valence-corrected chi connectivity index (χ2v) is 5.92. The van der Waals surface area contributed by atoms with E-state index in [-0.39, 0.29) is 11.7 Å². The third-order valence-electron chi connectivity index (χ3n) is 3.14. The summed E-state index contributed by atoms with van der Waals surface area (Å²) in [7, 11) is 0. The minimum absolute atomic E-state index is 0.187. The summed E-state index contributed by atoms with van der Waals surface area (Å²) in [4.78, 5) is 19.1. The van der Waals surface area contributed by atoms with Crippen molar-refractivity contribution in [1.82, 2.24) is 20.2 Å². The van der Waals surface area contributed by atoms with Crippen molar-refractivity contribution < 1.29 is 9.53 Å². The molecule has 1 aromatic carbocycles. The van der Waals surface area contributed by atoms with Crippen molar-refractivity contribution in [3.8, 4) is 0 Å². The van der Waals surface area contributed by atoms with Gasteiger partial charge in [-0.05, 0) is 25.5 Å². The lowest BCUT2D eigenvalue weighted by molar-refractivity contribution is -0.140. The van der Waals surface area contributed by atoms with E-state index in [0.29, 0.717) is 17.4 Å². The number of benzene rings is 1. The predicted octanol–water partition coefficient (Wildman–Crippen LogP) is 2.86. The molecule has 0 amide bonds. The SMILES string of the molecule is CCCOC(=O)CSc1nnc2c(n1)[nH]c1ccc(C)cc12. The van der Waals surface area contributed by atoms with Gasteiger partial charge in [-0.3, -0.25) is 4.79 Å². The number of rotatable bonds is 5. The van der Waals surface area contributed by atoms with Gasteiger partial charge in [-0.1, -0.05) is 30.3 Å². The number of hydrogen-bond acceptors (Lipinski definition) is 6. The standard InChI is InChI=1S/C15H16N4O2S/c1-3-6-21-12(20)8-22-15-17-14-13(18-19-15)10-7-9(2)4-5-11(10)16-14/h4-5,7H,3,6,8H2,1-2H3,(H,16,17,19). The van der Waals surface area contributed by atoms with Crippen LogP contribution < -0.4 is 0 Å². The maximum Gasteiger partial charge on any atom is 0.316 e. The molecule has 7 heteroatoms. The van der Waals surface area contributed by atoms with Gasteiger partial charge in [-0.25, -0.2) is 4.98 Å². The Hall–Kier alpha value is -2.15. The molecule has 3 aromatic rings. The van der Waals surface area contributed by atoms with Crippen LogP contribution in [0, 0.1) is 6.92 Å². The fraction of sp³-hybridized carbons (Fsp3) is 0.333. The van der Waals surface area contributed by atoms with E-state index in [1.807, 2.05) is 26.0 Å². The summed E-state index contributed by atoms with van der Waals surface area (Å²) in [5.41, 5.74) is 3.57. The van der Waals surface area contributed by atoms with Crippen LogP contribution in [-0.4, -0.2) is 38.5 Å². The quantitative estimate of drug-likeness (QED) is 0.576. The summed E-state index contributed by atoms with van der Waals surface area (Å²) < 4.78 is 5.02. The number of ether oxygens (including phenoxy) is 1. The molecule has 0 aliphatic heterocycles. The number of aromatic nitrogens is 4. The molecule has 0 atom stereocenters. The number of nitrogens with zero attached hydrogens (tertiary/aromatic N) is 3. The Morgan fingerprint density at radius 1 is 1.36 bits per heavy atom. The highest BCUT2D eigenvalue weighted by molar-refractivity contribution is 7.99. The zero-order valence-electron chi connectivity index (χ0n) is 12.4. The maximum absolute atomic E-state index is 11.5. The summed E-state index contributed by atoms with van der Waals surface area (Å²) in [6, 6.07) is 6.09. The predicted molar refractivity (Wildman–Crippen MR) is 85.9 cm³/mol. The normalized spacial score (nSPS) is 11.2.